The molecule has 4 nitrogen and oxygen atoms in total. The molecule has 0 heterocycles. The van der Waals surface area contributed by atoms with Gasteiger partial charge in [-0.05, 0) is 33.6 Å². The molecule has 2 atom stereocenters. The molecule has 0 radical (unpaired) electrons. The Hall–Kier alpha value is 0.117. The Morgan fingerprint density at radius 1 is 0.870 bits per heavy atom. The van der Waals surface area contributed by atoms with Gasteiger partial charge < -0.3 is 13.3 Å². The van der Waals surface area contributed by atoms with Gasteiger partial charge in [0.2, 0.25) is 0 Å². The highest BCUT2D eigenvalue weighted by Crippen LogP contribution is 2.40. The predicted octanol–water partition coefficient (Wildman–Crippen LogP) is 4.86. The highest BCUT2D eigenvalue weighted by atomic mass is 32.1. The SMILES string of the molecule is CCCCCC(C(CCC)C(=O)S)[Si](OCC)(OCC)OCC. The van der Waals surface area contributed by atoms with E-state index in [-0.39, 0.29) is 16.6 Å². The summed E-state index contributed by atoms with van der Waals surface area (Å²) in [5, 5.41) is -0.0654. The summed E-state index contributed by atoms with van der Waals surface area (Å²) < 4.78 is 18.3. The second kappa shape index (κ2) is 13.4. The Morgan fingerprint density at radius 3 is 1.74 bits per heavy atom. The average Bonchev–Trinajstić information content (AvgIpc) is 2.50. The minimum Gasteiger partial charge on any atom is -0.374 e. The van der Waals surface area contributed by atoms with E-state index in [9.17, 15) is 4.79 Å². The summed E-state index contributed by atoms with van der Waals surface area (Å²) in [5.74, 6) is -0.156. The molecule has 0 saturated heterocycles. The third-order valence-corrected chi connectivity index (χ3v) is 8.02. The number of rotatable bonds is 15. The van der Waals surface area contributed by atoms with Crippen LogP contribution in [-0.2, 0) is 18.1 Å². The largest absolute Gasteiger partial charge is 0.504 e. The Morgan fingerprint density at radius 2 is 1.39 bits per heavy atom. The summed E-state index contributed by atoms with van der Waals surface area (Å²) in [6.45, 7) is 11.8. The molecule has 0 amide bonds. The van der Waals surface area contributed by atoms with E-state index in [4.69, 9.17) is 13.3 Å². The molecule has 0 aliphatic rings. The second-order valence-corrected chi connectivity index (χ2v) is 8.99. The van der Waals surface area contributed by atoms with Crippen LogP contribution in [0.5, 0.6) is 0 Å². The standard InChI is InChI=1S/C17H36O4SSi/c1-6-11-12-14-16(15(13-7-2)17(18)22)23(19-8-3,20-9-4)21-10-5/h15-16H,6-14H2,1-5H3,(H,18,22). The van der Waals surface area contributed by atoms with Gasteiger partial charge in [-0.3, -0.25) is 4.79 Å². The summed E-state index contributed by atoms with van der Waals surface area (Å²) in [7, 11) is -2.91. The molecule has 0 fully saturated rings. The quantitative estimate of drug-likeness (QED) is 0.256. The van der Waals surface area contributed by atoms with E-state index in [1.807, 2.05) is 20.8 Å². The molecule has 2 unspecified atom stereocenters. The van der Waals surface area contributed by atoms with Crippen molar-refractivity contribution in [3.8, 4) is 0 Å². The lowest BCUT2D eigenvalue weighted by Crippen LogP contribution is -2.53. The van der Waals surface area contributed by atoms with Gasteiger partial charge in [0, 0.05) is 31.3 Å². The molecule has 138 valence electrons. The molecule has 0 aliphatic heterocycles. The van der Waals surface area contributed by atoms with Crippen LogP contribution in [-0.4, -0.2) is 33.7 Å². The third-order valence-electron chi connectivity index (χ3n) is 4.01. The van der Waals surface area contributed by atoms with Gasteiger partial charge in [-0.1, -0.05) is 39.5 Å². The van der Waals surface area contributed by atoms with Crippen LogP contribution in [0.1, 0.15) is 73.1 Å². The molecule has 0 aromatic rings. The van der Waals surface area contributed by atoms with Gasteiger partial charge in [-0.15, -0.1) is 12.6 Å². The van der Waals surface area contributed by atoms with Crippen LogP contribution in [0.15, 0.2) is 0 Å². The van der Waals surface area contributed by atoms with Crippen LogP contribution in [0.25, 0.3) is 0 Å². The zero-order chi connectivity index (χ0) is 17.7. The van der Waals surface area contributed by atoms with Crippen LogP contribution in [0, 0.1) is 5.92 Å². The van der Waals surface area contributed by atoms with Gasteiger partial charge in [-0.25, -0.2) is 0 Å². The highest BCUT2D eigenvalue weighted by Gasteiger charge is 2.53. The summed E-state index contributed by atoms with van der Waals surface area (Å²) in [6, 6.07) is 0. The van der Waals surface area contributed by atoms with Crippen LogP contribution >= 0.6 is 12.6 Å². The van der Waals surface area contributed by atoms with E-state index in [2.05, 4.69) is 26.5 Å². The fourth-order valence-electron chi connectivity index (χ4n) is 3.10. The molecule has 0 N–H and O–H groups in total. The van der Waals surface area contributed by atoms with Gasteiger partial charge in [0.1, 0.15) is 0 Å². The normalized spacial score (nSPS) is 14.7. The van der Waals surface area contributed by atoms with Gasteiger partial charge in [0.25, 0.3) is 0 Å². The number of carbonyl (C=O) groups excluding carboxylic acids is 1. The van der Waals surface area contributed by atoms with Crippen molar-refractivity contribution in [2.45, 2.75) is 78.7 Å². The molecular formula is C17H36O4SSi. The van der Waals surface area contributed by atoms with Crippen LogP contribution in [0.2, 0.25) is 5.54 Å². The van der Waals surface area contributed by atoms with E-state index in [0.29, 0.717) is 19.8 Å². The smallest absolute Gasteiger partial charge is 0.374 e. The van der Waals surface area contributed by atoms with E-state index in [0.717, 1.165) is 38.5 Å². The molecule has 0 bridgehead atoms. The van der Waals surface area contributed by atoms with Crippen LogP contribution in [0.4, 0.5) is 0 Å². The van der Waals surface area contributed by atoms with Crippen molar-refractivity contribution in [2.24, 2.45) is 5.92 Å². The lowest BCUT2D eigenvalue weighted by molar-refractivity contribution is -0.115. The van der Waals surface area contributed by atoms with Crippen molar-refractivity contribution in [3.05, 3.63) is 0 Å². The average molecular weight is 365 g/mol. The Balaban J connectivity index is 5.60. The molecule has 6 heteroatoms. The van der Waals surface area contributed by atoms with E-state index < -0.39 is 8.80 Å². The summed E-state index contributed by atoms with van der Waals surface area (Å²) in [5.41, 5.74) is -0.00106. The Labute approximate surface area is 149 Å². The third kappa shape index (κ3) is 7.69. The Bertz CT molecular complexity index is 298. The minimum absolute atomic E-state index is 0.00106. The number of thiol groups is 1. The van der Waals surface area contributed by atoms with Crippen LogP contribution in [0.3, 0.4) is 0 Å². The van der Waals surface area contributed by atoms with Crippen molar-refractivity contribution in [2.75, 3.05) is 19.8 Å². The predicted molar refractivity (Wildman–Crippen MR) is 101 cm³/mol. The van der Waals surface area contributed by atoms with Gasteiger partial charge >= 0.3 is 8.80 Å². The lowest BCUT2D eigenvalue weighted by atomic mass is 9.96. The van der Waals surface area contributed by atoms with Crippen LogP contribution < -0.4 is 0 Å². The van der Waals surface area contributed by atoms with E-state index in [1.54, 1.807) is 0 Å². The first kappa shape index (κ1) is 23.1. The van der Waals surface area contributed by atoms with Gasteiger partial charge in [0.05, 0.1) is 0 Å². The topological polar surface area (TPSA) is 44.8 Å². The van der Waals surface area contributed by atoms with E-state index in [1.165, 1.54) is 0 Å². The summed E-state index contributed by atoms with van der Waals surface area (Å²) in [6.07, 6.45) is 6.00. The molecule has 0 rings (SSSR count). The van der Waals surface area contributed by atoms with Gasteiger partial charge in [-0.2, -0.15) is 0 Å². The fourth-order valence-corrected chi connectivity index (χ4v) is 7.01. The lowest BCUT2D eigenvalue weighted by Gasteiger charge is -2.38. The number of carbonyl (C=O) groups is 1. The first-order valence-electron chi connectivity index (χ1n) is 9.17. The van der Waals surface area contributed by atoms with Crippen molar-refractivity contribution in [3.63, 3.8) is 0 Å². The van der Waals surface area contributed by atoms with E-state index >= 15 is 0 Å². The number of hydrogen-bond acceptors (Lipinski definition) is 4. The number of unbranched alkanes of at least 4 members (excludes halogenated alkanes) is 2. The summed E-state index contributed by atoms with van der Waals surface area (Å²) in [4.78, 5) is 12.2. The monoisotopic (exact) mass is 364 g/mol. The number of hydrogen-bond donors (Lipinski definition) is 1. The molecule has 0 spiro atoms. The highest BCUT2D eigenvalue weighted by molar-refractivity contribution is 7.96. The first-order chi connectivity index (χ1) is 11.0. The first-order valence-corrected chi connectivity index (χ1v) is 11.4. The van der Waals surface area contributed by atoms with Crippen molar-refractivity contribution in [1.29, 1.82) is 0 Å². The molecule has 0 aromatic carbocycles. The maximum Gasteiger partial charge on any atom is 0.504 e. The van der Waals surface area contributed by atoms with Crippen molar-refractivity contribution in [1.82, 2.24) is 0 Å². The molecule has 23 heavy (non-hydrogen) atoms. The van der Waals surface area contributed by atoms with Gasteiger partial charge in [0.15, 0.2) is 5.12 Å². The molecule has 0 aliphatic carbocycles. The molecule has 0 saturated carbocycles. The maximum atomic E-state index is 12.2. The zero-order valence-electron chi connectivity index (χ0n) is 15.6. The second-order valence-electron chi connectivity index (χ2n) is 5.74. The van der Waals surface area contributed by atoms with Crippen molar-refractivity contribution >= 4 is 26.5 Å². The maximum absolute atomic E-state index is 12.2. The molecule has 0 aromatic heterocycles. The Kier molecular flexibility index (Phi) is 13.5. The van der Waals surface area contributed by atoms with Crippen molar-refractivity contribution < 1.29 is 18.1 Å². The minimum atomic E-state index is -2.91. The fraction of sp³-hybridized carbons (Fsp3) is 0.941. The summed E-state index contributed by atoms with van der Waals surface area (Å²) >= 11 is 4.16. The zero-order valence-corrected chi connectivity index (χ0v) is 17.5. The molecular weight excluding hydrogens is 328 g/mol.